The lowest BCUT2D eigenvalue weighted by molar-refractivity contribution is 0.213. The third kappa shape index (κ3) is 3.77. The Morgan fingerprint density at radius 2 is 2.06 bits per heavy atom. The Morgan fingerprint density at radius 1 is 1.26 bits per heavy atom. The summed E-state index contributed by atoms with van der Waals surface area (Å²) in [5.41, 5.74) is 1.41. The summed E-state index contributed by atoms with van der Waals surface area (Å²) in [6, 6.07) is 7.28. The number of carbonyl (C=O) groups is 1. The number of benzene rings is 1. The van der Waals surface area contributed by atoms with Crippen molar-refractivity contribution < 1.29 is 13.6 Å². The van der Waals surface area contributed by atoms with Crippen molar-refractivity contribution in [3.63, 3.8) is 0 Å². The Balaban J connectivity index is 1.73. The molecular formula is C20H18F2N8O. The molecular weight excluding hydrogens is 406 g/mol. The van der Waals surface area contributed by atoms with Crippen molar-refractivity contribution in [2.45, 2.75) is 13.3 Å². The molecule has 0 aliphatic carbocycles. The second-order valence-electron chi connectivity index (χ2n) is 6.77. The van der Waals surface area contributed by atoms with Crippen LogP contribution in [0.25, 0.3) is 16.6 Å². The molecule has 0 atom stereocenters. The standard InChI is InChI=1S/C20H18F2N8O/c1-11(27-29(3)20(31)23-2)15-6-7-17-25-26-18(30(17)28-15)9-13-14(21)10-16-12(19(13)22)5-4-8-24-16/h4-8,10H,9H2,1-3H3,(H,23,31). The molecule has 0 bridgehead atoms. The monoisotopic (exact) mass is 424 g/mol. The first-order valence-electron chi connectivity index (χ1n) is 9.33. The lowest BCUT2D eigenvalue weighted by Crippen LogP contribution is -2.31. The van der Waals surface area contributed by atoms with E-state index < -0.39 is 11.6 Å². The van der Waals surface area contributed by atoms with Crippen LogP contribution in [-0.4, -0.2) is 55.6 Å². The molecule has 0 unspecified atom stereocenters. The normalized spacial score (nSPS) is 11.8. The maximum absolute atomic E-state index is 15.0. The van der Waals surface area contributed by atoms with E-state index in [9.17, 15) is 13.6 Å². The van der Waals surface area contributed by atoms with Crippen molar-refractivity contribution in [1.29, 1.82) is 0 Å². The number of hydrogen-bond donors (Lipinski definition) is 1. The average molecular weight is 424 g/mol. The number of amides is 2. The molecule has 1 aromatic carbocycles. The molecule has 2 amide bonds. The molecule has 4 aromatic rings. The van der Waals surface area contributed by atoms with Gasteiger partial charge in [0.2, 0.25) is 0 Å². The summed E-state index contributed by atoms with van der Waals surface area (Å²) in [7, 11) is 3.00. The summed E-state index contributed by atoms with van der Waals surface area (Å²) in [4.78, 5) is 15.6. The summed E-state index contributed by atoms with van der Waals surface area (Å²) in [6.45, 7) is 1.69. The summed E-state index contributed by atoms with van der Waals surface area (Å²) in [6.07, 6.45) is 1.32. The first-order chi connectivity index (χ1) is 14.9. The fourth-order valence-electron chi connectivity index (χ4n) is 3.13. The van der Waals surface area contributed by atoms with Gasteiger partial charge in [0.25, 0.3) is 0 Å². The molecule has 0 spiro atoms. The Kier molecular flexibility index (Phi) is 5.24. The van der Waals surface area contributed by atoms with E-state index in [-0.39, 0.29) is 34.7 Å². The van der Waals surface area contributed by atoms with Crippen LogP contribution in [0.1, 0.15) is 24.0 Å². The van der Waals surface area contributed by atoms with Gasteiger partial charge in [0.05, 0.1) is 11.2 Å². The third-order valence-corrected chi connectivity index (χ3v) is 4.73. The Labute approximate surface area is 175 Å². The molecule has 3 aromatic heterocycles. The summed E-state index contributed by atoms with van der Waals surface area (Å²) in [5, 5.41) is 20.5. The molecule has 0 fully saturated rings. The lowest BCUT2D eigenvalue weighted by Gasteiger charge is -2.11. The first-order valence-corrected chi connectivity index (χ1v) is 9.33. The topological polar surface area (TPSA) is 101 Å². The quantitative estimate of drug-likeness (QED) is 0.401. The van der Waals surface area contributed by atoms with Crippen LogP contribution >= 0.6 is 0 Å². The summed E-state index contributed by atoms with van der Waals surface area (Å²) >= 11 is 0. The number of carbonyl (C=O) groups excluding carboxylic acids is 1. The Bertz CT molecular complexity index is 1330. The van der Waals surface area contributed by atoms with Gasteiger partial charge in [0.1, 0.15) is 17.3 Å². The molecule has 0 aliphatic heterocycles. The minimum absolute atomic E-state index is 0.147. The number of nitrogens with zero attached hydrogens (tertiary/aromatic N) is 7. The second kappa shape index (κ2) is 8.01. The van der Waals surface area contributed by atoms with E-state index in [0.717, 1.165) is 5.01 Å². The molecule has 9 nitrogen and oxygen atoms in total. The van der Waals surface area contributed by atoms with Crippen LogP contribution in [-0.2, 0) is 6.42 Å². The highest BCUT2D eigenvalue weighted by molar-refractivity contribution is 5.97. The molecule has 158 valence electrons. The van der Waals surface area contributed by atoms with Gasteiger partial charge >= 0.3 is 6.03 Å². The minimum atomic E-state index is -0.721. The molecule has 0 saturated carbocycles. The summed E-state index contributed by atoms with van der Waals surface area (Å²) in [5.74, 6) is -1.16. The average Bonchev–Trinajstić information content (AvgIpc) is 3.17. The van der Waals surface area contributed by atoms with Crippen molar-refractivity contribution in [2.75, 3.05) is 14.1 Å². The molecule has 4 rings (SSSR count). The van der Waals surface area contributed by atoms with Gasteiger partial charge in [-0.05, 0) is 31.2 Å². The zero-order valence-electron chi connectivity index (χ0n) is 17.0. The number of hydrazone groups is 1. The Hall–Kier alpha value is -4.02. The van der Waals surface area contributed by atoms with Crippen LogP contribution in [0.2, 0.25) is 0 Å². The number of pyridine rings is 1. The van der Waals surface area contributed by atoms with Crippen molar-refractivity contribution in [3.8, 4) is 0 Å². The van der Waals surface area contributed by atoms with Gasteiger partial charge in [-0.25, -0.2) is 18.6 Å². The molecule has 3 heterocycles. The predicted molar refractivity (Wildman–Crippen MR) is 110 cm³/mol. The van der Waals surface area contributed by atoms with Crippen molar-refractivity contribution >= 4 is 28.3 Å². The van der Waals surface area contributed by atoms with Gasteiger partial charge in [-0.15, -0.1) is 10.2 Å². The SMILES string of the molecule is CNC(=O)N(C)N=C(C)c1ccc2nnc(Cc3c(F)cc4ncccc4c3F)n2n1. The van der Waals surface area contributed by atoms with Crippen molar-refractivity contribution in [3.05, 3.63) is 65.2 Å². The van der Waals surface area contributed by atoms with Crippen LogP contribution in [0.5, 0.6) is 0 Å². The highest BCUT2D eigenvalue weighted by Gasteiger charge is 2.18. The molecule has 1 N–H and O–H groups in total. The maximum Gasteiger partial charge on any atom is 0.337 e. The van der Waals surface area contributed by atoms with Crippen molar-refractivity contribution in [1.82, 2.24) is 35.1 Å². The molecule has 31 heavy (non-hydrogen) atoms. The highest BCUT2D eigenvalue weighted by atomic mass is 19.1. The van der Waals surface area contributed by atoms with Crippen LogP contribution < -0.4 is 5.32 Å². The van der Waals surface area contributed by atoms with Crippen LogP contribution in [0.4, 0.5) is 13.6 Å². The van der Waals surface area contributed by atoms with E-state index in [1.807, 2.05) is 0 Å². The van der Waals surface area contributed by atoms with E-state index >= 15 is 0 Å². The van der Waals surface area contributed by atoms with Gasteiger partial charge in [0, 0.05) is 43.7 Å². The van der Waals surface area contributed by atoms with Crippen LogP contribution in [0.3, 0.4) is 0 Å². The number of rotatable bonds is 4. The fourth-order valence-corrected chi connectivity index (χ4v) is 3.13. The maximum atomic E-state index is 15.0. The minimum Gasteiger partial charge on any atom is -0.340 e. The van der Waals surface area contributed by atoms with Gasteiger partial charge < -0.3 is 5.32 Å². The number of fused-ring (bicyclic) bond motifs is 2. The van der Waals surface area contributed by atoms with E-state index in [4.69, 9.17) is 0 Å². The molecule has 0 saturated heterocycles. The zero-order chi connectivity index (χ0) is 22.1. The largest absolute Gasteiger partial charge is 0.340 e. The number of nitrogens with one attached hydrogen (secondary N) is 1. The van der Waals surface area contributed by atoms with Crippen molar-refractivity contribution in [2.24, 2.45) is 5.10 Å². The second-order valence-corrected chi connectivity index (χ2v) is 6.77. The number of hydrogen-bond acceptors (Lipinski definition) is 6. The lowest BCUT2D eigenvalue weighted by atomic mass is 10.1. The van der Waals surface area contributed by atoms with Gasteiger partial charge in [0.15, 0.2) is 11.5 Å². The zero-order valence-corrected chi connectivity index (χ0v) is 17.0. The van der Waals surface area contributed by atoms with E-state index in [1.54, 1.807) is 31.2 Å². The Morgan fingerprint density at radius 3 is 2.84 bits per heavy atom. The molecule has 11 heteroatoms. The van der Waals surface area contributed by atoms with Crippen LogP contribution in [0, 0.1) is 11.6 Å². The van der Waals surface area contributed by atoms with Gasteiger partial charge in [-0.2, -0.15) is 14.7 Å². The number of urea groups is 1. The fraction of sp³-hybridized carbons (Fsp3) is 0.200. The molecule has 0 aliphatic rings. The molecule has 0 radical (unpaired) electrons. The number of halogens is 2. The van der Waals surface area contributed by atoms with Gasteiger partial charge in [-0.1, -0.05) is 0 Å². The van der Waals surface area contributed by atoms with E-state index in [0.29, 0.717) is 17.1 Å². The van der Waals surface area contributed by atoms with E-state index in [1.165, 1.54) is 30.9 Å². The smallest absolute Gasteiger partial charge is 0.337 e. The predicted octanol–water partition coefficient (Wildman–Crippen LogP) is 2.54. The number of aromatic nitrogens is 5. The van der Waals surface area contributed by atoms with E-state index in [2.05, 4.69) is 30.7 Å². The van der Waals surface area contributed by atoms with Gasteiger partial charge in [-0.3, -0.25) is 4.98 Å². The van der Waals surface area contributed by atoms with Crippen LogP contribution in [0.15, 0.2) is 41.6 Å². The highest BCUT2D eigenvalue weighted by Crippen LogP contribution is 2.24. The summed E-state index contributed by atoms with van der Waals surface area (Å²) < 4.78 is 31.0. The third-order valence-electron chi connectivity index (χ3n) is 4.73. The first kappa shape index (κ1) is 20.3.